The molecule has 0 N–H and O–H groups in total. The van der Waals surface area contributed by atoms with E-state index in [4.69, 9.17) is 12.6 Å². The summed E-state index contributed by atoms with van der Waals surface area (Å²) in [5, 5.41) is 2.25. The summed E-state index contributed by atoms with van der Waals surface area (Å²) in [6.45, 7) is 7.94. The van der Waals surface area contributed by atoms with Crippen molar-refractivity contribution in [2.24, 2.45) is 10.8 Å². The maximum absolute atomic E-state index is 14.4. The van der Waals surface area contributed by atoms with E-state index in [1.54, 1.807) is 6.07 Å². The first-order valence-electron chi connectivity index (χ1n) is 17.7. The third kappa shape index (κ3) is 8.54. The van der Waals surface area contributed by atoms with Crippen LogP contribution in [0.25, 0.3) is 44.5 Å². The molecule has 0 aliphatic heterocycles. The number of furan rings is 1. The van der Waals surface area contributed by atoms with Crippen LogP contribution in [0.15, 0.2) is 83.5 Å². The fraction of sp³-hybridized carbons (Fsp3) is 0.300. The Labute approximate surface area is 289 Å². The third-order valence-electron chi connectivity index (χ3n) is 7.01. The molecule has 0 saturated heterocycles. The molecule has 235 valence electrons. The third-order valence-corrected chi connectivity index (χ3v) is 7.01. The van der Waals surface area contributed by atoms with E-state index in [0.717, 1.165) is 45.7 Å². The van der Waals surface area contributed by atoms with Gasteiger partial charge < -0.3 is 14.4 Å². The summed E-state index contributed by atoms with van der Waals surface area (Å²) in [6, 6.07) is 26.1. The first-order valence-corrected chi connectivity index (χ1v) is 14.7. The van der Waals surface area contributed by atoms with Gasteiger partial charge in [-0.05, 0) is 59.6 Å². The molecule has 3 heterocycles. The van der Waals surface area contributed by atoms with Crippen LogP contribution in [-0.2, 0) is 32.9 Å². The molecule has 0 aliphatic rings. The summed E-state index contributed by atoms with van der Waals surface area (Å²) in [5.41, 5.74) is 5.77. The predicted octanol–water partition coefficient (Wildman–Crippen LogP) is 10.9. The number of halogens is 1. The molecule has 6 rings (SSSR count). The van der Waals surface area contributed by atoms with E-state index in [-0.39, 0.29) is 53.3 Å². The number of pyridine rings is 2. The monoisotopic (exact) mass is 783 g/mol. The van der Waals surface area contributed by atoms with Gasteiger partial charge >= 0.3 is 0 Å². The van der Waals surface area contributed by atoms with Gasteiger partial charge in [-0.3, -0.25) is 4.39 Å². The largest absolute Gasteiger partial charge is 0.501 e. The number of hydrogen-bond acceptors (Lipinski definition) is 3. The molecule has 6 aromatic rings. The molecular weight excluding hydrogens is 736 g/mol. The second-order valence-corrected chi connectivity index (χ2v) is 13.6. The van der Waals surface area contributed by atoms with E-state index < -0.39 is 19.5 Å². The van der Waals surface area contributed by atoms with Crippen LogP contribution >= 0.6 is 0 Å². The number of benzene rings is 3. The maximum atomic E-state index is 14.4. The number of nitrogens with zero attached hydrogens (tertiary/aromatic N) is 2. The van der Waals surface area contributed by atoms with E-state index >= 15 is 0 Å². The van der Waals surface area contributed by atoms with Crippen LogP contribution in [-0.4, -0.2) is 9.97 Å². The Kier molecular flexibility index (Phi) is 8.12. The van der Waals surface area contributed by atoms with Gasteiger partial charge in [0.05, 0.1) is 5.58 Å². The molecule has 5 heteroatoms. The number of fused-ring (bicyclic) bond motifs is 3. The average molecular weight is 783 g/mol. The topological polar surface area (TPSA) is 38.9 Å². The van der Waals surface area contributed by atoms with Gasteiger partial charge in [-0.15, -0.1) is 42.0 Å². The van der Waals surface area contributed by atoms with Crippen LogP contribution in [0.4, 0.5) is 4.39 Å². The minimum Gasteiger partial charge on any atom is -0.501 e. The van der Waals surface area contributed by atoms with E-state index in [9.17, 15) is 4.39 Å². The molecule has 3 aromatic carbocycles. The Hall–Kier alpha value is -3.66. The van der Waals surface area contributed by atoms with Crippen molar-refractivity contribution >= 4 is 21.9 Å². The smallest absolute Gasteiger partial charge is 0.120 e. The van der Waals surface area contributed by atoms with Crippen molar-refractivity contribution in [3.8, 4) is 22.5 Å². The van der Waals surface area contributed by atoms with E-state index in [1.807, 2.05) is 51.2 Å². The standard InChI is InChI=1S/C22H20NO.C18H21FN.Ir/c1-22(2,3)14-15-11-12-23-19(13-15)18-9-6-8-17-16-7-4-5-10-20(16)24-21(17)18;1-12-6-7-15(16(19)8-12)17-9-14(10-18(3,4)5)13(2)11-20-17;/h4-8,10-13H,14H2,1-3H3;6,8-9,11H,10H2,1-5H3;/q2*-1;/i;1D3,2D3;. The zero-order chi connectivity index (χ0) is 36.6. The van der Waals surface area contributed by atoms with Crippen molar-refractivity contribution in [2.45, 2.75) is 68.1 Å². The summed E-state index contributed by atoms with van der Waals surface area (Å²) in [5.74, 6) is -0.755. The van der Waals surface area contributed by atoms with Gasteiger partial charge in [0.25, 0.3) is 0 Å². The molecule has 45 heavy (non-hydrogen) atoms. The SMILES string of the molecule is CC(C)(C)Cc1ccnc(-c2[c-]ccc3c2oc2ccccc23)c1.[2H]C([2H])([2H])c1c[c-]c(-c2cc(CC(C)(C)C)c(C([2H])([2H])[2H])cn2)c(F)c1.[Ir]. The number of aryl methyl sites for hydroxylation is 2. The zero-order valence-electron chi connectivity index (χ0n) is 32.4. The fourth-order valence-electron chi connectivity index (χ4n) is 5.23. The molecule has 1 radical (unpaired) electrons. The van der Waals surface area contributed by atoms with Crippen LogP contribution in [0, 0.1) is 42.5 Å². The summed E-state index contributed by atoms with van der Waals surface area (Å²) >= 11 is 0. The maximum Gasteiger partial charge on any atom is 0.120 e. The van der Waals surface area contributed by atoms with Crippen molar-refractivity contribution in [1.29, 1.82) is 0 Å². The van der Waals surface area contributed by atoms with Crippen LogP contribution in [0.5, 0.6) is 0 Å². The van der Waals surface area contributed by atoms with Gasteiger partial charge in [-0.25, -0.2) is 0 Å². The Bertz CT molecular complexity index is 2140. The first-order chi connectivity index (χ1) is 23.2. The molecule has 3 nitrogen and oxygen atoms in total. The zero-order valence-corrected chi connectivity index (χ0v) is 28.8. The van der Waals surface area contributed by atoms with Gasteiger partial charge in [0.2, 0.25) is 0 Å². The predicted molar refractivity (Wildman–Crippen MR) is 180 cm³/mol. The summed E-state index contributed by atoms with van der Waals surface area (Å²) in [6.07, 6.45) is 4.62. The van der Waals surface area contributed by atoms with Crippen molar-refractivity contribution in [2.75, 3.05) is 0 Å². The molecule has 0 unspecified atom stereocenters. The van der Waals surface area contributed by atoms with Crippen LogP contribution < -0.4 is 0 Å². The summed E-state index contributed by atoms with van der Waals surface area (Å²) < 4.78 is 65.6. The minimum atomic E-state index is -2.42. The van der Waals surface area contributed by atoms with Crippen molar-refractivity contribution in [3.63, 3.8) is 0 Å². The van der Waals surface area contributed by atoms with Gasteiger partial charge in [0.15, 0.2) is 0 Å². The van der Waals surface area contributed by atoms with Gasteiger partial charge in [-0.2, -0.15) is 0 Å². The molecular formula is C40H41FIrN2O-2. The molecule has 3 aromatic heterocycles. The van der Waals surface area contributed by atoms with Crippen LogP contribution in [0.3, 0.4) is 0 Å². The number of para-hydroxylation sites is 1. The Morgan fingerprint density at radius 2 is 1.58 bits per heavy atom. The van der Waals surface area contributed by atoms with Crippen LogP contribution in [0.1, 0.15) is 72.0 Å². The second-order valence-electron chi connectivity index (χ2n) is 13.6. The van der Waals surface area contributed by atoms with E-state index in [0.29, 0.717) is 12.0 Å². The molecule has 0 spiro atoms. The molecule has 0 amide bonds. The molecule has 0 aliphatic carbocycles. The Morgan fingerprint density at radius 3 is 2.29 bits per heavy atom. The van der Waals surface area contributed by atoms with Gasteiger partial charge in [0, 0.05) is 51.9 Å². The van der Waals surface area contributed by atoms with Gasteiger partial charge in [-0.1, -0.05) is 106 Å². The summed E-state index contributed by atoms with van der Waals surface area (Å²) in [7, 11) is 0. The van der Waals surface area contributed by atoms with Crippen molar-refractivity contribution in [3.05, 3.63) is 119 Å². The number of rotatable bonds is 4. The minimum absolute atomic E-state index is 0. The Balaban J connectivity index is 0.000000225. The van der Waals surface area contributed by atoms with E-state index in [2.05, 4.69) is 67.1 Å². The number of aromatic nitrogens is 2. The quantitative estimate of drug-likeness (QED) is 0.167. The van der Waals surface area contributed by atoms with Crippen molar-refractivity contribution in [1.82, 2.24) is 9.97 Å². The van der Waals surface area contributed by atoms with Gasteiger partial charge in [0.1, 0.15) is 5.58 Å². The number of hydrogen-bond donors (Lipinski definition) is 0. The average Bonchev–Trinajstić information content (AvgIpc) is 3.38. The molecule has 0 atom stereocenters. The first kappa shape index (κ1) is 26.5. The van der Waals surface area contributed by atoms with Crippen molar-refractivity contribution < 1.29 is 37.1 Å². The molecule has 0 saturated carbocycles. The van der Waals surface area contributed by atoms with E-state index in [1.165, 1.54) is 17.8 Å². The Morgan fingerprint density at radius 1 is 0.822 bits per heavy atom. The normalized spacial score (nSPS) is 14.2. The molecule has 0 fully saturated rings. The summed E-state index contributed by atoms with van der Waals surface area (Å²) in [4.78, 5) is 8.66. The van der Waals surface area contributed by atoms with Crippen LogP contribution in [0.2, 0.25) is 0 Å². The molecule has 0 bridgehead atoms. The fourth-order valence-corrected chi connectivity index (χ4v) is 5.23. The second kappa shape index (κ2) is 13.8.